The number of amidine groups is 1. The number of hydrazone groups is 1. The molecule has 2 amide bonds. The molecule has 1 heterocycles. The maximum absolute atomic E-state index is 15.9. The SMILES string of the molecule is CC/C=C\N=C(C)N(C)c1ccc(C2=NN(C(=O)NC)C(C)Cc3cc(OC)c(OC)c(F)c32)cc1. The third kappa shape index (κ3) is 5.35. The fourth-order valence-corrected chi connectivity index (χ4v) is 4.02. The van der Waals surface area contributed by atoms with Gasteiger partial charge in [-0.2, -0.15) is 5.10 Å². The number of ether oxygens (including phenoxy) is 2. The number of rotatable bonds is 6. The lowest BCUT2D eigenvalue weighted by Crippen LogP contribution is -2.41. The second-order valence-corrected chi connectivity index (χ2v) is 8.44. The molecule has 0 aliphatic carbocycles. The summed E-state index contributed by atoms with van der Waals surface area (Å²) in [4.78, 5) is 19.1. The molecule has 1 unspecified atom stereocenters. The Kier molecular flexibility index (Phi) is 8.68. The van der Waals surface area contributed by atoms with Crippen molar-refractivity contribution in [2.45, 2.75) is 39.7 Å². The second-order valence-electron chi connectivity index (χ2n) is 8.44. The summed E-state index contributed by atoms with van der Waals surface area (Å²) in [6, 6.07) is 8.60. The number of aliphatic imine (C=N–C) groups is 1. The number of carbonyl (C=O) groups is 1. The van der Waals surface area contributed by atoms with Crippen LogP contribution >= 0.6 is 0 Å². The summed E-state index contributed by atoms with van der Waals surface area (Å²) in [6.07, 6.45) is 5.07. The summed E-state index contributed by atoms with van der Waals surface area (Å²) in [7, 11) is 6.33. The maximum Gasteiger partial charge on any atom is 0.337 e. The molecule has 192 valence electrons. The Morgan fingerprint density at radius 2 is 2.00 bits per heavy atom. The number of urea groups is 1. The van der Waals surface area contributed by atoms with Crippen molar-refractivity contribution in [3.63, 3.8) is 0 Å². The van der Waals surface area contributed by atoms with E-state index in [2.05, 4.69) is 22.3 Å². The molecule has 2 aromatic rings. The molecule has 0 fully saturated rings. The Balaban J connectivity index is 2.15. The van der Waals surface area contributed by atoms with Crippen LogP contribution in [0.2, 0.25) is 0 Å². The quantitative estimate of drug-likeness (QED) is 0.454. The minimum Gasteiger partial charge on any atom is -0.493 e. The fourth-order valence-electron chi connectivity index (χ4n) is 4.02. The van der Waals surface area contributed by atoms with Gasteiger partial charge in [0.05, 0.1) is 20.3 Å². The summed E-state index contributed by atoms with van der Waals surface area (Å²) >= 11 is 0. The molecule has 9 heteroatoms. The highest BCUT2D eigenvalue weighted by Gasteiger charge is 2.31. The van der Waals surface area contributed by atoms with Crippen LogP contribution in [0.15, 0.2) is 52.7 Å². The van der Waals surface area contributed by atoms with E-state index in [0.29, 0.717) is 23.3 Å². The first-order valence-electron chi connectivity index (χ1n) is 11.8. The first-order valence-corrected chi connectivity index (χ1v) is 11.8. The van der Waals surface area contributed by atoms with Crippen LogP contribution in [0.1, 0.15) is 43.9 Å². The molecule has 8 nitrogen and oxygen atoms in total. The zero-order valence-electron chi connectivity index (χ0n) is 21.9. The molecule has 2 aromatic carbocycles. The molecule has 0 radical (unpaired) electrons. The maximum atomic E-state index is 15.9. The number of hydrogen-bond acceptors (Lipinski definition) is 5. The fraction of sp³-hybridized carbons (Fsp3) is 0.370. The highest BCUT2D eigenvalue weighted by Crippen LogP contribution is 2.38. The van der Waals surface area contributed by atoms with Gasteiger partial charge in [-0.3, -0.25) is 0 Å². The van der Waals surface area contributed by atoms with Crippen LogP contribution in [0.25, 0.3) is 0 Å². The van der Waals surface area contributed by atoms with Crippen molar-refractivity contribution in [3.05, 3.63) is 65.1 Å². The number of benzene rings is 2. The molecule has 0 aromatic heterocycles. The molecule has 0 spiro atoms. The number of nitrogens with one attached hydrogen (secondary N) is 1. The number of amides is 2. The topological polar surface area (TPSA) is 78.8 Å². The summed E-state index contributed by atoms with van der Waals surface area (Å²) in [5, 5.41) is 8.62. The summed E-state index contributed by atoms with van der Waals surface area (Å²) in [5.41, 5.74) is 2.86. The van der Waals surface area contributed by atoms with Gasteiger partial charge in [0.1, 0.15) is 11.5 Å². The highest BCUT2D eigenvalue weighted by atomic mass is 19.1. The predicted molar refractivity (Wildman–Crippen MR) is 142 cm³/mol. The zero-order valence-corrected chi connectivity index (χ0v) is 21.9. The zero-order chi connectivity index (χ0) is 26.4. The Labute approximate surface area is 212 Å². The van der Waals surface area contributed by atoms with Crippen molar-refractivity contribution in [2.24, 2.45) is 10.1 Å². The summed E-state index contributed by atoms with van der Waals surface area (Å²) < 4.78 is 26.6. The molecule has 1 N–H and O–H groups in total. The van der Waals surface area contributed by atoms with Gasteiger partial charge in [-0.05, 0) is 50.5 Å². The van der Waals surface area contributed by atoms with Gasteiger partial charge in [0.25, 0.3) is 0 Å². The smallest absolute Gasteiger partial charge is 0.337 e. The van der Waals surface area contributed by atoms with Crippen molar-refractivity contribution in [2.75, 3.05) is 33.2 Å². The van der Waals surface area contributed by atoms with E-state index in [1.165, 1.54) is 19.2 Å². The number of halogens is 1. The van der Waals surface area contributed by atoms with E-state index in [1.54, 1.807) is 19.3 Å². The number of anilines is 1. The number of allylic oxidation sites excluding steroid dienone is 1. The van der Waals surface area contributed by atoms with E-state index in [9.17, 15) is 4.79 Å². The standard InChI is InChI=1S/C27H34FN5O3/c1-8-9-14-30-18(3)32(5)21-12-10-19(11-13-21)25-23-20(15-17(2)33(31-25)27(34)29-4)16-22(35-6)26(36-7)24(23)28/h9-14,16-17H,8,15H2,1-7H3,(H,29,34)/b14-9-,30-18?. The normalized spacial score (nSPS) is 15.8. The Morgan fingerprint density at radius 3 is 2.58 bits per heavy atom. The predicted octanol–water partition coefficient (Wildman–Crippen LogP) is 4.96. The van der Waals surface area contributed by atoms with Gasteiger partial charge in [0, 0.05) is 37.1 Å². The molecule has 0 bridgehead atoms. The second kappa shape index (κ2) is 11.7. The number of methoxy groups -OCH3 is 2. The van der Waals surface area contributed by atoms with Crippen LogP contribution in [0.3, 0.4) is 0 Å². The van der Waals surface area contributed by atoms with E-state index in [-0.39, 0.29) is 29.1 Å². The van der Waals surface area contributed by atoms with E-state index in [0.717, 1.165) is 17.9 Å². The largest absolute Gasteiger partial charge is 0.493 e. The molecule has 1 aliphatic rings. The number of carbonyl (C=O) groups excluding carboxylic acids is 1. The lowest BCUT2D eigenvalue weighted by molar-refractivity contribution is 0.184. The Hall–Kier alpha value is -3.88. The Bertz CT molecular complexity index is 1190. The first kappa shape index (κ1) is 26.7. The molecular formula is C27H34FN5O3. The third-order valence-corrected chi connectivity index (χ3v) is 6.11. The average Bonchev–Trinajstić information content (AvgIpc) is 3.03. The van der Waals surface area contributed by atoms with Crippen molar-refractivity contribution in [3.8, 4) is 11.5 Å². The van der Waals surface area contributed by atoms with Crippen LogP contribution in [-0.2, 0) is 6.42 Å². The van der Waals surface area contributed by atoms with Crippen LogP contribution in [0.4, 0.5) is 14.9 Å². The van der Waals surface area contributed by atoms with Gasteiger partial charge in [-0.15, -0.1) is 0 Å². The molecule has 36 heavy (non-hydrogen) atoms. The van der Waals surface area contributed by atoms with Crippen molar-refractivity contribution >= 4 is 23.3 Å². The molecule has 1 aliphatic heterocycles. The van der Waals surface area contributed by atoms with Gasteiger partial charge >= 0.3 is 6.03 Å². The number of fused-ring (bicyclic) bond motifs is 1. The van der Waals surface area contributed by atoms with Crippen molar-refractivity contribution < 1.29 is 18.7 Å². The Morgan fingerprint density at radius 1 is 1.31 bits per heavy atom. The van der Waals surface area contributed by atoms with Gasteiger partial charge in [0.2, 0.25) is 0 Å². The third-order valence-electron chi connectivity index (χ3n) is 6.11. The van der Waals surface area contributed by atoms with E-state index < -0.39 is 5.82 Å². The van der Waals surface area contributed by atoms with E-state index in [1.807, 2.05) is 56.1 Å². The van der Waals surface area contributed by atoms with Crippen LogP contribution < -0.4 is 19.7 Å². The van der Waals surface area contributed by atoms with Gasteiger partial charge in [0.15, 0.2) is 17.3 Å². The molecule has 1 atom stereocenters. The first-order chi connectivity index (χ1) is 17.3. The van der Waals surface area contributed by atoms with E-state index in [4.69, 9.17) is 9.47 Å². The minimum absolute atomic E-state index is 0.00619. The van der Waals surface area contributed by atoms with Crippen LogP contribution in [-0.4, -0.2) is 56.9 Å². The van der Waals surface area contributed by atoms with Gasteiger partial charge in [-0.1, -0.05) is 25.1 Å². The lowest BCUT2D eigenvalue weighted by Gasteiger charge is -2.22. The molecule has 0 saturated carbocycles. The molecule has 3 rings (SSSR count). The molecular weight excluding hydrogens is 461 g/mol. The number of nitrogens with zero attached hydrogens (tertiary/aromatic N) is 4. The average molecular weight is 496 g/mol. The summed E-state index contributed by atoms with van der Waals surface area (Å²) in [6.45, 7) is 5.85. The van der Waals surface area contributed by atoms with Crippen molar-refractivity contribution in [1.82, 2.24) is 10.3 Å². The number of hydrogen-bond donors (Lipinski definition) is 1. The van der Waals surface area contributed by atoms with E-state index >= 15 is 4.39 Å². The van der Waals surface area contributed by atoms with Crippen LogP contribution in [0, 0.1) is 5.82 Å². The highest BCUT2D eigenvalue weighted by molar-refractivity contribution is 6.15. The van der Waals surface area contributed by atoms with Gasteiger partial charge < -0.3 is 19.7 Å². The monoisotopic (exact) mass is 495 g/mol. The van der Waals surface area contributed by atoms with Crippen LogP contribution in [0.5, 0.6) is 11.5 Å². The summed E-state index contributed by atoms with van der Waals surface area (Å²) in [5.74, 6) is 0.529. The van der Waals surface area contributed by atoms with Crippen molar-refractivity contribution in [1.29, 1.82) is 0 Å². The molecule has 0 saturated heterocycles. The lowest BCUT2D eigenvalue weighted by atomic mass is 9.93. The minimum atomic E-state index is -0.580. The van der Waals surface area contributed by atoms with Gasteiger partial charge in [-0.25, -0.2) is 19.2 Å².